The Hall–Kier alpha value is -1.04. The van der Waals surface area contributed by atoms with Crippen LogP contribution in [0.5, 0.6) is 11.5 Å². The van der Waals surface area contributed by atoms with Crippen LogP contribution in [0.2, 0.25) is 5.02 Å². The summed E-state index contributed by atoms with van der Waals surface area (Å²) in [6.45, 7) is 0. The fourth-order valence-electron chi connectivity index (χ4n) is 1.89. The van der Waals surface area contributed by atoms with E-state index in [1.54, 1.807) is 24.3 Å². The third-order valence-electron chi connectivity index (χ3n) is 2.90. The average Bonchev–Trinajstić information content (AvgIpc) is 2.48. The molecular weight excluding hydrogens is 423 g/mol. The molecule has 0 spiro atoms. The Morgan fingerprint density at radius 2 is 1.76 bits per heavy atom. The lowest BCUT2D eigenvalue weighted by Crippen LogP contribution is -2.06. The highest BCUT2D eigenvalue weighted by molar-refractivity contribution is 9.11. The van der Waals surface area contributed by atoms with E-state index in [4.69, 9.17) is 21.1 Å². The van der Waals surface area contributed by atoms with Crippen LogP contribution in [0.25, 0.3) is 0 Å². The lowest BCUT2D eigenvalue weighted by Gasteiger charge is -2.13. The number of ketones is 1. The zero-order valence-electron chi connectivity index (χ0n) is 11.2. The zero-order valence-corrected chi connectivity index (χ0v) is 15.2. The van der Waals surface area contributed by atoms with Gasteiger partial charge in [0.1, 0.15) is 10.8 Å². The molecule has 2 rings (SSSR count). The van der Waals surface area contributed by atoms with E-state index in [0.29, 0.717) is 27.1 Å². The number of rotatable bonds is 4. The van der Waals surface area contributed by atoms with Gasteiger partial charge in [-0.1, -0.05) is 43.5 Å². The largest absolute Gasteiger partial charge is 0.495 e. The monoisotopic (exact) mass is 432 g/mol. The Morgan fingerprint density at radius 3 is 2.38 bits per heavy atom. The molecule has 110 valence electrons. The van der Waals surface area contributed by atoms with Crippen molar-refractivity contribution in [2.75, 3.05) is 14.2 Å². The predicted molar refractivity (Wildman–Crippen MR) is 89.8 cm³/mol. The SMILES string of the molecule is COc1ccc(C(=O)c2cc(Br)ccc2Br)c(OC)c1Cl. The lowest BCUT2D eigenvalue weighted by atomic mass is 10.0. The van der Waals surface area contributed by atoms with Crippen molar-refractivity contribution < 1.29 is 14.3 Å². The molecule has 0 aromatic heterocycles. The fourth-order valence-corrected chi connectivity index (χ4v) is 3.00. The van der Waals surface area contributed by atoms with Crippen LogP contribution in [0.1, 0.15) is 15.9 Å². The second-order valence-electron chi connectivity index (χ2n) is 4.12. The lowest BCUT2D eigenvalue weighted by molar-refractivity contribution is 0.103. The molecule has 0 fully saturated rings. The molecule has 0 unspecified atom stereocenters. The van der Waals surface area contributed by atoms with Crippen molar-refractivity contribution in [3.8, 4) is 11.5 Å². The molecule has 21 heavy (non-hydrogen) atoms. The van der Waals surface area contributed by atoms with Gasteiger partial charge in [-0.3, -0.25) is 4.79 Å². The van der Waals surface area contributed by atoms with Gasteiger partial charge in [0.25, 0.3) is 0 Å². The van der Waals surface area contributed by atoms with Gasteiger partial charge >= 0.3 is 0 Å². The highest BCUT2D eigenvalue weighted by Crippen LogP contribution is 2.38. The maximum Gasteiger partial charge on any atom is 0.197 e. The molecule has 0 heterocycles. The molecule has 0 bridgehead atoms. The van der Waals surface area contributed by atoms with Gasteiger partial charge in [-0.25, -0.2) is 0 Å². The molecule has 0 amide bonds. The highest BCUT2D eigenvalue weighted by Gasteiger charge is 2.21. The van der Waals surface area contributed by atoms with Gasteiger partial charge in [0.05, 0.1) is 19.8 Å². The number of carbonyl (C=O) groups is 1. The van der Waals surface area contributed by atoms with Gasteiger partial charge in [0.2, 0.25) is 0 Å². The number of benzene rings is 2. The van der Waals surface area contributed by atoms with E-state index in [9.17, 15) is 4.79 Å². The maximum absolute atomic E-state index is 12.7. The zero-order chi connectivity index (χ0) is 15.6. The van der Waals surface area contributed by atoms with E-state index in [2.05, 4.69) is 31.9 Å². The Balaban J connectivity index is 2.58. The van der Waals surface area contributed by atoms with Gasteiger partial charge in [0, 0.05) is 14.5 Å². The number of carbonyl (C=O) groups excluding carboxylic acids is 1. The third kappa shape index (κ3) is 3.25. The maximum atomic E-state index is 12.7. The van der Waals surface area contributed by atoms with E-state index in [1.807, 2.05) is 6.07 Å². The molecule has 2 aromatic carbocycles. The van der Waals surface area contributed by atoms with Crippen LogP contribution in [0, 0.1) is 0 Å². The van der Waals surface area contributed by atoms with Gasteiger partial charge < -0.3 is 9.47 Å². The fraction of sp³-hybridized carbons (Fsp3) is 0.133. The van der Waals surface area contributed by atoms with Crippen molar-refractivity contribution in [1.29, 1.82) is 0 Å². The molecule has 0 radical (unpaired) electrons. The molecule has 0 atom stereocenters. The minimum absolute atomic E-state index is 0.190. The quantitative estimate of drug-likeness (QED) is 0.627. The third-order valence-corrected chi connectivity index (χ3v) is 4.45. The Kier molecular flexibility index (Phi) is 5.30. The van der Waals surface area contributed by atoms with Gasteiger partial charge in [-0.05, 0) is 30.3 Å². The van der Waals surface area contributed by atoms with E-state index >= 15 is 0 Å². The van der Waals surface area contributed by atoms with Crippen LogP contribution in [0.3, 0.4) is 0 Å². The van der Waals surface area contributed by atoms with E-state index in [0.717, 1.165) is 4.47 Å². The Bertz CT molecular complexity index is 702. The summed E-state index contributed by atoms with van der Waals surface area (Å²) < 4.78 is 11.9. The molecule has 0 saturated heterocycles. The molecule has 3 nitrogen and oxygen atoms in total. The van der Waals surface area contributed by atoms with E-state index in [-0.39, 0.29) is 10.8 Å². The molecule has 0 N–H and O–H groups in total. The summed E-state index contributed by atoms with van der Waals surface area (Å²) in [7, 11) is 2.97. The summed E-state index contributed by atoms with van der Waals surface area (Å²) in [4.78, 5) is 12.7. The first-order valence-electron chi connectivity index (χ1n) is 5.89. The minimum atomic E-state index is -0.190. The summed E-state index contributed by atoms with van der Waals surface area (Å²) in [6, 6.07) is 8.67. The standard InChI is InChI=1S/C15H11Br2ClO3/c1-20-12-6-4-9(15(21-2)13(12)18)14(19)10-7-8(16)3-5-11(10)17/h3-7H,1-2H3. The average molecular weight is 435 g/mol. The molecule has 6 heteroatoms. The van der Waals surface area contributed by atoms with Crippen LogP contribution >= 0.6 is 43.5 Å². The van der Waals surface area contributed by atoms with Crippen LogP contribution in [-0.4, -0.2) is 20.0 Å². The van der Waals surface area contributed by atoms with Gasteiger partial charge in [0.15, 0.2) is 11.5 Å². The van der Waals surface area contributed by atoms with Gasteiger partial charge in [-0.2, -0.15) is 0 Å². The highest BCUT2D eigenvalue weighted by atomic mass is 79.9. The van der Waals surface area contributed by atoms with Crippen molar-refractivity contribution in [2.45, 2.75) is 0 Å². The first-order valence-corrected chi connectivity index (χ1v) is 7.86. The molecule has 2 aromatic rings. The number of hydrogen-bond acceptors (Lipinski definition) is 3. The summed E-state index contributed by atoms with van der Waals surface area (Å²) in [5.41, 5.74) is 0.894. The first-order chi connectivity index (χ1) is 9.99. The van der Waals surface area contributed by atoms with Crippen LogP contribution < -0.4 is 9.47 Å². The van der Waals surface area contributed by atoms with Crippen LogP contribution in [0.15, 0.2) is 39.3 Å². The summed E-state index contributed by atoms with van der Waals surface area (Å²) in [5, 5.41) is 0.275. The van der Waals surface area contributed by atoms with Crippen molar-refractivity contribution in [3.63, 3.8) is 0 Å². The molecule has 0 saturated carbocycles. The molecule has 0 aliphatic carbocycles. The first kappa shape index (κ1) is 16.3. The second-order valence-corrected chi connectivity index (χ2v) is 6.26. The van der Waals surface area contributed by atoms with Crippen molar-refractivity contribution in [2.24, 2.45) is 0 Å². The Morgan fingerprint density at radius 1 is 1.05 bits per heavy atom. The van der Waals surface area contributed by atoms with Crippen molar-refractivity contribution in [3.05, 3.63) is 55.4 Å². The summed E-state index contributed by atoms with van der Waals surface area (Å²) in [5.74, 6) is 0.566. The smallest absolute Gasteiger partial charge is 0.197 e. The molecule has 0 aliphatic heterocycles. The molecule has 0 aliphatic rings. The molecular formula is C15H11Br2ClO3. The van der Waals surface area contributed by atoms with Crippen molar-refractivity contribution >= 4 is 49.2 Å². The number of hydrogen-bond donors (Lipinski definition) is 0. The topological polar surface area (TPSA) is 35.5 Å². The van der Waals surface area contributed by atoms with Crippen LogP contribution in [0.4, 0.5) is 0 Å². The normalized spacial score (nSPS) is 10.3. The Labute approximate surface area is 144 Å². The number of ether oxygens (including phenoxy) is 2. The summed E-state index contributed by atoms with van der Waals surface area (Å²) in [6.07, 6.45) is 0. The van der Waals surface area contributed by atoms with Gasteiger partial charge in [-0.15, -0.1) is 0 Å². The van der Waals surface area contributed by atoms with E-state index < -0.39 is 0 Å². The predicted octanol–water partition coefficient (Wildman–Crippen LogP) is 5.11. The van der Waals surface area contributed by atoms with Crippen molar-refractivity contribution in [1.82, 2.24) is 0 Å². The van der Waals surface area contributed by atoms with Crippen LogP contribution in [-0.2, 0) is 0 Å². The van der Waals surface area contributed by atoms with E-state index in [1.165, 1.54) is 14.2 Å². The second kappa shape index (κ2) is 6.81. The number of methoxy groups -OCH3 is 2. The minimum Gasteiger partial charge on any atom is -0.495 e. The summed E-state index contributed by atoms with van der Waals surface area (Å²) >= 11 is 12.9. The number of halogens is 3.